The van der Waals surface area contributed by atoms with Crippen LogP contribution in [0.2, 0.25) is 0 Å². The van der Waals surface area contributed by atoms with Crippen molar-refractivity contribution in [1.29, 1.82) is 0 Å². The molecule has 0 aliphatic heterocycles. The predicted molar refractivity (Wildman–Crippen MR) is 62.7 cm³/mol. The number of amides is 1. The minimum absolute atomic E-state index is 0.185. The second-order valence-electron chi connectivity index (χ2n) is 4.90. The topological polar surface area (TPSA) is 32.3 Å². The molecule has 1 aliphatic carbocycles. The molecule has 1 amide bonds. The third-order valence-electron chi connectivity index (χ3n) is 2.58. The Bertz CT molecular complexity index is 200. The second-order valence-corrected chi connectivity index (χ2v) is 4.90. The number of hydrogen-bond donors (Lipinski definition) is 1. The summed E-state index contributed by atoms with van der Waals surface area (Å²) in [6.45, 7) is 8.93. The van der Waals surface area contributed by atoms with Crippen LogP contribution >= 0.6 is 0 Å². The number of carbonyl (C=O) groups is 1. The average Bonchev–Trinajstić information content (AvgIpc) is 2.96. The van der Waals surface area contributed by atoms with Crippen LogP contribution in [0, 0.1) is 5.92 Å². The molecule has 0 radical (unpaired) electrons. The van der Waals surface area contributed by atoms with Gasteiger partial charge in [-0.1, -0.05) is 20.8 Å². The minimum Gasteiger partial charge on any atom is -0.355 e. The Kier molecular flexibility index (Phi) is 5.09. The summed E-state index contributed by atoms with van der Waals surface area (Å²) in [5, 5.41) is 2.94. The van der Waals surface area contributed by atoms with Crippen molar-refractivity contribution in [2.45, 2.75) is 46.1 Å². The van der Waals surface area contributed by atoms with E-state index < -0.39 is 0 Å². The summed E-state index contributed by atoms with van der Waals surface area (Å²) in [5.41, 5.74) is 0. The van der Waals surface area contributed by atoms with Crippen molar-refractivity contribution in [2.24, 2.45) is 5.92 Å². The van der Waals surface area contributed by atoms with Gasteiger partial charge in [0.25, 0.3) is 0 Å². The SMILES string of the molecule is CCCNC(=O)CN(CC(C)C)C1CC1. The van der Waals surface area contributed by atoms with E-state index in [1.54, 1.807) is 0 Å². The fourth-order valence-corrected chi connectivity index (χ4v) is 1.76. The highest BCUT2D eigenvalue weighted by molar-refractivity contribution is 5.78. The van der Waals surface area contributed by atoms with Crippen LogP contribution in [0.1, 0.15) is 40.0 Å². The maximum Gasteiger partial charge on any atom is 0.234 e. The summed E-state index contributed by atoms with van der Waals surface area (Å²) in [4.78, 5) is 13.9. The highest BCUT2D eigenvalue weighted by atomic mass is 16.2. The number of carbonyl (C=O) groups excluding carboxylic acids is 1. The third-order valence-corrected chi connectivity index (χ3v) is 2.58. The first-order chi connectivity index (χ1) is 7.13. The lowest BCUT2D eigenvalue weighted by Crippen LogP contribution is -2.40. The third kappa shape index (κ3) is 5.17. The van der Waals surface area contributed by atoms with Gasteiger partial charge in [-0.15, -0.1) is 0 Å². The summed E-state index contributed by atoms with van der Waals surface area (Å²) in [7, 11) is 0. The van der Waals surface area contributed by atoms with Crippen molar-refractivity contribution in [3.8, 4) is 0 Å². The zero-order valence-electron chi connectivity index (χ0n) is 10.3. The van der Waals surface area contributed by atoms with Gasteiger partial charge in [0.05, 0.1) is 6.54 Å². The van der Waals surface area contributed by atoms with Crippen molar-refractivity contribution in [2.75, 3.05) is 19.6 Å². The molecular weight excluding hydrogens is 188 g/mol. The number of hydrogen-bond acceptors (Lipinski definition) is 2. The molecule has 0 aromatic heterocycles. The Morgan fingerprint density at radius 2 is 2.13 bits per heavy atom. The Labute approximate surface area is 93.2 Å². The zero-order valence-corrected chi connectivity index (χ0v) is 10.3. The lowest BCUT2D eigenvalue weighted by atomic mass is 10.2. The van der Waals surface area contributed by atoms with Gasteiger partial charge in [-0.2, -0.15) is 0 Å². The molecule has 88 valence electrons. The Hall–Kier alpha value is -0.570. The molecule has 0 atom stereocenters. The van der Waals surface area contributed by atoms with E-state index in [0.29, 0.717) is 18.5 Å². The van der Waals surface area contributed by atoms with E-state index >= 15 is 0 Å². The summed E-state index contributed by atoms with van der Waals surface area (Å²) in [6, 6.07) is 0.680. The van der Waals surface area contributed by atoms with E-state index in [9.17, 15) is 4.79 Å². The van der Waals surface area contributed by atoms with Crippen molar-refractivity contribution < 1.29 is 4.79 Å². The molecule has 1 rings (SSSR count). The Morgan fingerprint density at radius 1 is 1.47 bits per heavy atom. The van der Waals surface area contributed by atoms with Crippen LogP contribution in [0.25, 0.3) is 0 Å². The maximum atomic E-state index is 11.6. The van der Waals surface area contributed by atoms with Gasteiger partial charge in [-0.05, 0) is 25.2 Å². The summed E-state index contributed by atoms with van der Waals surface area (Å²) < 4.78 is 0. The highest BCUT2D eigenvalue weighted by Crippen LogP contribution is 2.27. The van der Waals surface area contributed by atoms with Crippen LogP contribution in [0.5, 0.6) is 0 Å². The first-order valence-corrected chi connectivity index (χ1v) is 6.14. The van der Waals surface area contributed by atoms with E-state index in [2.05, 4.69) is 31.0 Å². The molecule has 0 heterocycles. The fourth-order valence-electron chi connectivity index (χ4n) is 1.76. The standard InChI is InChI=1S/C12H24N2O/c1-4-7-13-12(15)9-14(8-10(2)3)11-5-6-11/h10-11H,4-9H2,1-3H3,(H,13,15). The largest absolute Gasteiger partial charge is 0.355 e. The smallest absolute Gasteiger partial charge is 0.234 e. The lowest BCUT2D eigenvalue weighted by Gasteiger charge is -2.23. The van der Waals surface area contributed by atoms with E-state index in [-0.39, 0.29) is 5.91 Å². The van der Waals surface area contributed by atoms with Gasteiger partial charge in [-0.25, -0.2) is 0 Å². The van der Waals surface area contributed by atoms with Gasteiger partial charge in [0, 0.05) is 19.1 Å². The summed E-state index contributed by atoms with van der Waals surface area (Å²) in [6.07, 6.45) is 3.56. The normalized spacial score (nSPS) is 16.1. The minimum atomic E-state index is 0.185. The van der Waals surface area contributed by atoms with Crippen LogP contribution in [-0.4, -0.2) is 36.5 Å². The lowest BCUT2D eigenvalue weighted by molar-refractivity contribution is -0.122. The quantitative estimate of drug-likeness (QED) is 0.695. The molecule has 0 saturated heterocycles. The molecule has 0 spiro atoms. The molecule has 0 aromatic rings. The molecule has 1 fully saturated rings. The van der Waals surface area contributed by atoms with Crippen LogP contribution in [0.3, 0.4) is 0 Å². The molecule has 3 nitrogen and oxygen atoms in total. The van der Waals surface area contributed by atoms with Crippen molar-refractivity contribution in [1.82, 2.24) is 10.2 Å². The van der Waals surface area contributed by atoms with Crippen molar-refractivity contribution >= 4 is 5.91 Å². The molecule has 0 unspecified atom stereocenters. The molecule has 3 heteroatoms. The van der Waals surface area contributed by atoms with Crippen molar-refractivity contribution in [3.63, 3.8) is 0 Å². The van der Waals surface area contributed by atoms with E-state index in [1.165, 1.54) is 12.8 Å². The predicted octanol–water partition coefficient (Wildman–Crippen LogP) is 1.63. The number of nitrogens with one attached hydrogen (secondary N) is 1. The Morgan fingerprint density at radius 3 is 2.60 bits per heavy atom. The maximum absolute atomic E-state index is 11.6. The molecule has 0 aromatic carbocycles. The van der Waals surface area contributed by atoms with Gasteiger partial charge in [0.15, 0.2) is 0 Å². The molecule has 15 heavy (non-hydrogen) atoms. The average molecular weight is 212 g/mol. The first-order valence-electron chi connectivity index (χ1n) is 6.14. The molecule has 1 saturated carbocycles. The zero-order chi connectivity index (χ0) is 11.3. The van der Waals surface area contributed by atoms with E-state index in [1.807, 2.05) is 0 Å². The highest BCUT2D eigenvalue weighted by Gasteiger charge is 2.30. The van der Waals surface area contributed by atoms with Crippen LogP contribution in [0.15, 0.2) is 0 Å². The van der Waals surface area contributed by atoms with Gasteiger partial charge in [0.2, 0.25) is 5.91 Å². The number of rotatable bonds is 7. The van der Waals surface area contributed by atoms with Gasteiger partial charge < -0.3 is 5.32 Å². The second kappa shape index (κ2) is 6.11. The summed E-state index contributed by atoms with van der Waals surface area (Å²) >= 11 is 0. The van der Waals surface area contributed by atoms with Crippen LogP contribution < -0.4 is 5.32 Å². The number of nitrogens with zero attached hydrogens (tertiary/aromatic N) is 1. The van der Waals surface area contributed by atoms with Gasteiger partial charge in [-0.3, -0.25) is 9.69 Å². The van der Waals surface area contributed by atoms with E-state index in [0.717, 1.165) is 19.5 Å². The van der Waals surface area contributed by atoms with Gasteiger partial charge >= 0.3 is 0 Å². The van der Waals surface area contributed by atoms with Gasteiger partial charge in [0.1, 0.15) is 0 Å². The molecule has 1 N–H and O–H groups in total. The van der Waals surface area contributed by atoms with Crippen LogP contribution in [0.4, 0.5) is 0 Å². The molecule has 0 bridgehead atoms. The monoisotopic (exact) mass is 212 g/mol. The first kappa shape index (κ1) is 12.5. The van der Waals surface area contributed by atoms with Crippen LogP contribution in [-0.2, 0) is 4.79 Å². The summed E-state index contributed by atoms with van der Waals surface area (Å²) in [5.74, 6) is 0.828. The fraction of sp³-hybridized carbons (Fsp3) is 0.917. The van der Waals surface area contributed by atoms with Crippen molar-refractivity contribution in [3.05, 3.63) is 0 Å². The van der Waals surface area contributed by atoms with E-state index in [4.69, 9.17) is 0 Å². The molecular formula is C12H24N2O. The molecule has 1 aliphatic rings. The Balaban J connectivity index is 2.27.